The molecule has 0 spiro atoms. The van der Waals surface area contributed by atoms with Crippen molar-refractivity contribution in [3.63, 3.8) is 0 Å². The molecule has 4 nitrogen and oxygen atoms in total. The Hall–Kier alpha value is -0.880. The lowest BCUT2D eigenvalue weighted by atomic mass is 10.1. The number of nitrogens with zero attached hydrogens (tertiary/aromatic N) is 1. The maximum absolute atomic E-state index is 13.2. The van der Waals surface area contributed by atoms with Crippen molar-refractivity contribution in [1.82, 2.24) is 4.90 Å². The molecule has 0 aromatic heterocycles. The van der Waals surface area contributed by atoms with Crippen molar-refractivity contribution < 1.29 is 13.9 Å². The maximum atomic E-state index is 13.2. The van der Waals surface area contributed by atoms with Gasteiger partial charge in [-0.3, -0.25) is 4.79 Å². The van der Waals surface area contributed by atoms with Gasteiger partial charge in [-0.15, -0.1) is 12.4 Å². The maximum Gasteiger partial charge on any atom is 0.226 e. The molecule has 2 atom stereocenters. The minimum atomic E-state index is -0.462. The van der Waals surface area contributed by atoms with Gasteiger partial charge >= 0.3 is 0 Å². The lowest BCUT2D eigenvalue weighted by molar-refractivity contribution is -0.142. The summed E-state index contributed by atoms with van der Waals surface area (Å²) in [6.07, 6.45) is -0.282. The van der Waals surface area contributed by atoms with Gasteiger partial charge in [-0.2, -0.15) is 0 Å². The molecule has 2 unspecified atom stereocenters. The molecule has 1 aliphatic rings. The van der Waals surface area contributed by atoms with Gasteiger partial charge in [-0.1, -0.05) is 24.6 Å². The van der Waals surface area contributed by atoms with Crippen LogP contribution in [0.1, 0.15) is 18.6 Å². The van der Waals surface area contributed by atoms with Crippen LogP contribution in [0.4, 0.5) is 4.39 Å². The van der Waals surface area contributed by atoms with Crippen molar-refractivity contribution in [1.29, 1.82) is 0 Å². The lowest BCUT2D eigenvalue weighted by Gasteiger charge is -2.34. The molecule has 2 rings (SSSR count). The molecule has 1 saturated heterocycles. The Balaban J connectivity index is 0.00000220. The molecule has 118 valence electrons. The van der Waals surface area contributed by atoms with E-state index in [4.69, 9.17) is 22.1 Å². The molecule has 1 amide bonds. The average molecular weight is 337 g/mol. The Bertz CT molecular complexity index is 502. The first kappa shape index (κ1) is 18.2. The summed E-state index contributed by atoms with van der Waals surface area (Å²) in [7, 11) is 0. The zero-order chi connectivity index (χ0) is 14.7. The molecule has 1 aromatic rings. The van der Waals surface area contributed by atoms with E-state index in [1.54, 1.807) is 17.0 Å². The summed E-state index contributed by atoms with van der Waals surface area (Å²) >= 11 is 5.78. The second-order valence-electron chi connectivity index (χ2n) is 4.95. The molecule has 7 heteroatoms. The van der Waals surface area contributed by atoms with Crippen LogP contribution in [0.15, 0.2) is 18.2 Å². The Morgan fingerprint density at radius 1 is 1.62 bits per heavy atom. The number of carbonyl (C=O) groups is 1. The number of hydrogen-bond donors (Lipinski definition) is 1. The Kier molecular flexibility index (Phi) is 6.87. The molecule has 1 aromatic carbocycles. The number of morpholine rings is 1. The van der Waals surface area contributed by atoms with E-state index < -0.39 is 5.82 Å². The van der Waals surface area contributed by atoms with E-state index >= 15 is 0 Å². The highest BCUT2D eigenvalue weighted by molar-refractivity contribution is 6.30. The number of carbonyl (C=O) groups excluding carboxylic acids is 1. The van der Waals surface area contributed by atoms with E-state index in [0.29, 0.717) is 26.2 Å². The van der Waals surface area contributed by atoms with Crippen LogP contribution in [-0.4, -0.2) is 37.0 Å². The van der Waals surface area contributed by atoms with Crippen LogP contribution in [0.5, 0.6) is 0 Å². The molecular formula is C14H19Cl2FN2O2. The molecule has 1 heterocycles. The van der Waals surface area contributed by atoms with E-state index in [2.05, 4.69) is 0 Å². The average Bonchev–Trinajstić information content (AvgIpc) is 2.48. The Morgan fingerprint density at radius 3 is 2.95 bits per heavy atom. The highest BCUT2D eigenvalue weighted by Crippen LogP contribution is 2.26. The second-order valence-corrected chi connectivity index (χ2v) is 5.36. The monoisotopic (exact) mass is 336 g/mol. The molecule has 0 bridgehead atoms. The van der Waals surface area contributed by atoms with Gasteiger partial charge in [0.25, 0.3) is 0 Å². The standard InChI is InChI=1S/C14H18ClFN2O2.ClH/c1-9(7-17)14(19)18-4-5-20-13(8-18)10-2-3-12(16)11(15)6-10;/h2-3,6,9,13H,4-5,7-8,17H2,1H3;1H. The van der Waals surface area contributed by atoms with Gasteiger partial charge < -0.3 is 15.4 Å². The molecule has 0 saturated carbocycles. The Morgan fingerprint density at radius 2 is 2.33 bits per heavy atom. The summed E-state index contributed by atoms with van der Waals surface area (Å²) in [4.78, 5) is 13.9. The van der Waals surface area contributed by atoms with E-state index in [0.717, 1.165) is 5.56 Å². The van der Waals surface area contributed by atoms with Gasteiger partial charge in [0.2, 0.25) is 5.91 Å². The topological polar surface area (TPSA) is 55.6 Å². The van der Waals surface area contributed by atoms with Crippen LogP contribution in [0.25, 0.3) is 0 Å². The largest absolute Gasteiger partial charge is 0.370 e. The fourth-order valence-electron chi connectivity index (χ4n) is 2.18. The first-order valence-corrected chi connectivity index (χ1v) is 6.96. The van der Waals surface area contributed by atoms with E-state index in [1.807, 2.05) is 6.92 Å². The van der Waals surface area contributed by atoms with E-state index in [9.17, 15) is 9.18 Å². The normalized spacial score (nSPS) is 19.8. The summed E-state index contributed by atoms with van der Waals surface area (Å²) in [5.74, 6) is -0.643. The van der Waals surface area contributed by atoms with Crippen LogP contribution in [-0.2, 0) is 9.53 Å². The highest BCUT2D eigenvalue weighted by atomic mass is 35.5. The number of halogens is 3. The summed E-state index contributed by atoms with van der Waals surface area (Å²) in [6, 6.07) is 4.48. The van der Waals surface area contributed by atoms with Crippen LogP contribution in [0, 0.1) is 11.7 Å². The first-order chi connectivity index (χ1) is 9.52. The molecule has 21 heavy (non-hydrogen) atoms. The fourth-order valence-corrected chi connectivity index (χ4v) is 2.37. The van der Waals surface area contributed by atoms with Gasteiger partial charge in [0.15, 0.2) is 0 Å². The van der Waals surface area contributed by atoms with Gasteiger partial charge in [-0.25, -0.2) is 4.39 Å². The van der Waals surface area contributed by atoms with Crippen molar-refractivity contribution in [2.24, 2.45) is 11.7 Å². The van der Waals surface area contributed by atoms with Crippen LogP contribution in [0.2, 0.25) is 5.02 Å². The van der Waals surface area contributed by atoms with Gasteiger partial charge in [-0.05, 0) is 17.7 Å². The number of rotatable bonds is 3. The number of nitrogens with two attached hydrogens (primary N) is 1. The van der Waals surface area contributed by atoms with Crippen LogP contribution >= 0.6 is 24.0 Å². The summed E-state index contributed by atoms with van der Waals surface area (Å²) in [5.41, 5.74) is 6.30. The molecule has 2 N–H and O–H groups in total. The number of ether oxygens (including phenoxy) is 1. The minimum Gasteiger partial charge on any atom is -0.370 e. The predicted molar refractivity (Wildman–Crippen MR) is 82.1 cm³/mol. The van der Waals surface area contributed by atoms with Crippen molar-refractivity contribution in [2.45, 2.75) is 13.0 Å². The molecule has 0 radical (unpaired) electrons. The highest BCUT2D eigenvalue weighted by Gasteiger charge is 2.27. The summed E-state index contributed by atoms with van der Waals surface area (Å²) < 4.78 is 18.8. The van der Waals surface area contributed by atoms with Crippen molar-refractivity contribution in [3.8, 4) is 0 Å². The molecular weight excluding hydrogens is 318 g/mol. The number of hydrogen-bond acceptors (Lipinski definition) is 3. The van der Waals surface area contributed by atoms with Crippen molar-refractivity contribution >= 4 is 29.9 Å². The van der Waals surface area contributed by atoms with Crippen LogP contribution in [0.3, 0.4) is 0 Å². The molecule has 1 fully saturated rings. The third-order valence-electron chi connectivity index (χ3n) is 3.47. The molecule has 1 aliphatic heterocycles. The fraction of sp³-hybridized carbons (Fsp3) is 0.500. The quantitative estimate of drug-likeness (QED) is 0.922. The summed E-state index contributed by atoms with van der Waals surface area (Å²) in [5, 5.41) is 0.0601. The number of benzene rings is 1. The van der Waals surface area contributed by atoms with Crippen molar-refractivity contribution in [3.05, 3.63) is 34.6 Å². The van der Waals surface area contributed by atoms with Gasteiger partial charge in [0.1, 0.15) is 11.9 Å². The predicted octanol–water partition coefficient (Wildman–Crippen LogP) is 2.40. The third-order valence-corrected chi connectivity index (χ3v) is 3.76. The minimum absolute atomic E-state index is 0. The van der Waals surface area contributed by atoms with Crippen molar-refractivity contribution in [2.75, 3.05) is 26.2 Å². The van der Waals surface area contributed by atoms with E-state index in [-0.39, 0.29) is 35.4 Å². The van der Waals surface area contributed by atoms with E-state index in [1.165, 1.54) is 6.07 Å². The zero-order valence-corrected chi connectivity index (χ0v) is 13.3. The molecule has 0 aliphatic carbocycles. The second kappa shape index (κ2) is 7.94. The number of amides is 1. The lowest BCUT2D eigenvalue weighted by Crippen LogP contribution is -2.45. The SMILES string of the molecule is CC(CN)C(=O)N1CCOC(c2ccc(F)c(Cl)c2)C1.Cl. The zero-order valence-electron chi connectivity index (χ0n) is 11.7. The van der Waals surface area contributed by atoms with Gasteiger partial charge in [0, 0.05) is 19.0 Å². The summed E-state index contributed by atoms with van der Waals surface area (Å²) in [6.45, 7) is 3.56. The Labute approximate surface area is 134 Å². The van der Waals surface area contributed by atoms with Crippen LogP contribution < -0.4 is 5.73 Å². The smallest absolute Gasteiger partial charge is 0.226 e. The van der Waals surface area contributed by atoms with Gasteiger partial charge in [0.05, 0.1) is 18.2 Å². The first-order valence-electron chi connectivity index (χ1n) is 6.58. The third kappa shape index (κ3) is 4.30.